The van der Waals surface area contributed by atoms with Gasteiger partial charge in [0.2, 0.25) is 5.91 Å². The van der Waals surface area contributed by atoms with Crippen molar-refractivity contribution in [1.82, 2.24) is 10.3 Å². The Morgan fingerprint density at radius 1 is 1.64 bits per heavy atom. The van der Waals surface area contributed by atoms with Crippen molar-refractivity contribution in [3.63, 3.8) is 0 Å². The molecule has 1 amide bonds. The summed E-state index contributed by atoms with van der Waals surface area (Å²) in [6.07, 6.45) is 0.830. The van der Waals surface area contributed by atoms with Crippen molar-refractivity contribution in [2.75, 3.05) is 6.54 Å². The topological polar surface area (TPSA) is 42.0 Å². The van der Waals surface area contributed by atoms with Crippen LogP contribution in [0.1, 0.15) is 37.4 Å². The molecule has 0 aliphatic heterocycles. The van der Waals surface area contributed by atoms with Crippen molar-refractivity contribution in [2.24, 2.45) is 0 Å². The van der Waals surface area contributed by atoms with E-state index in [0.29, 0.717) is 12.5 Å². The fourth-order valence-corrected chi connectivity index (χ4v) is 2.01. The molecule has 1 rings (SSSR count). The monoisotopic (exact) mass is 212 g/mol. The number of carbonyl (C=O) groups excluding carboxylic acids is 1. The molecule has 0 aromatic carbocycles. The second-order valence-corrected chi connectivity index (χ2v) is 4.50. The maximum Gasteiger partial charge on any atom is 0.216 e. The minimum absolute atomic E-state index is 0.0191. The van der Waals surface area contributed by atoms with Crippen LogP contribution in [0.3, 0.4) is 0 Å². The smallest absolute Gasteiger partial charge is 0.216 e. The number of amides is 1. The van der Waals surface area contributed by atoms with E-state index in [1.165, 1.54) is 6.92 Å². The fraction of sp³-hybridized carbons (Fsp3) is 0.600. The van der Waals surface area contributed by atoms with Gasteiger partial charge in [-0.15, -0.1) is 11.3 Å². The zero-order chi connectivity index (χ0) is 10.6. The van der Waals surface area contributed by atoms with Crippen LogP contribution in [-0.2, 0) is 11.2 Å². The van der Waals surface area contributed by atoms with E-state index in [1.807, 2.05) is 0 Å². The molecule has 0 saturated heterocycles. The van der Waals surface area contributed by atoms with E-state index in [0.717, 1.165) is 17.1 Å². The van der Waals surface area contributed by atoms with Crippen LogP contribution >= 0.6 is 11.3 Å². The van der Waals surface area contributed by atoms with Gasteiger partial charge in [0, 0.05) is 25.3 Å². The van der Waals surface area contributed by atoms with E-state index >= 15 is 0 Å². The zero-order valence-corrected chi connectivity index (χ0v) is 9.65. The molecule has 3 nitrogen and oxygen atoms in total. The molecule has 1 aromatic heterocycles. The Labute approximate surface area is 88.6 Å². The summed E-state index contributed by atoms with van der Waals surface area (Å²) in [4.78, 5) is 15.1. The van der Waals surface area contributed by atoms with Crippen molar-refractivity contribution in [3.05, 3.63) is 16.1 Å². The minimum Gasteiger partial charge on any atom is -0.356 e. The van der Waals surface area contributed by atoms with Crippen LogP contribution in [0.15, 0.2) is 5.38 Å². The highest BCUT2D eigenvalue weighted by molar-refractivity contribution is 7.09. The lowest BCUT2D eigenvalue weighted by Gasteiger charge is -1.99. The van der Waals surface area contributed by atoms with Crippen LogP contribution in [0.5, 0.6) is 0 Å². The van der Waals surface area contributed by atoms with E-state index in [9.17, 15) is 4.79 Å². The molecule has 0 saturated carbocycles. The molecule has 14 heavy (non-hydrogen) atoms. The fourth-order valence-electron chi connectivity index (χ4n) is 1.05. The Bertz CT molecular complexity index is 307. The number of hydrogen-bond donors (Lipinski definition) is 1. The van der Waals surface area contributed by atoms with Crippen LogP contribution < -0.4 is 5.32 Å². The van der Waals surface area contributed by atoms with Crippen LogP contribution in [0.25, 0.3) is 0 Å². The van der Waals surface area contributed by atoms with Gasteiger partial charge in [0.1, 0.15) is 0 Å². The van der Waals surface area contributed by atoms with Crippen molar-refractivity contribution >= 4 is 17.2 Å². The van der Waals surface area contributed by atoms with Gasteiger partial charge in [0.25, 0.3) is 0 Å². The zero-order valence-electron chi connectivity index (χ0n) is 8.83. The lowest BCUT2D eigenvalue weighted by Crippen LogP contribution is -2.22. The molecule has 0 bridgehead atoms. The number of aromatic nitrogens is 1. The van der Waals surface area contributed by atoms with Gasteiger partial charge < -0.3 is 5.32 Å². The van der Waals surface area contributed by atoms with Crippen LogP contribution in [-0.4, -0.2) is 17.4 Å². The molecule has 78 valence electrons. The third-order valence-corrected chi connectivity index (χ3v) is 2.80. The van der Waals surface area contributed by atoms with Gasteiger partial charge in [-0.05, 0) is 5.92 Å². The Hall–Kier alpha value is -0.900. The molecule has 1 N–H and O–H groups in total. The normalized spacial score (nSPS) is 10.6. The summed E-state index contributed by atoms with van der Waals surface area (Å²) in [7, 11) is 0. The molecule has 0 spiro atoms. The molecule has 0 radical (unpaired) electrons. The highest BCUT2D eigenvalue weighted by atomic mass is 32.1. The van der Waals surface area contributed by atoms with Crippen LogP contribution in [0.4, 0.5) is 0 Å². The lowest BCUT2D eigenvalue weighted by atomic mass is 10.2. The molecule has 0 aliphatic carbocycles. The van der Waals surface area contributed by atoms with E-state index in [2.05, 4.69) is 29.5 Å². The summed E-state index contributed by atoms with van der Waals surface area (Å²) in [6, 6.07) is 0. The number of thiazole rings is 1. The predicted octanol–water partition coefficient (Wildman–Crippen LogP) is 1.95. The van der Waals surface area contributed by atoms with E-state index < -0.39 is 0 Å². The van der Waals surface area contributed by atoms with Gasteiger partial charge in [-0.25, -0.2) is 4.98 Å². The SMILES string of the molecule is CC(=O)NCCc1nc(C(C)C)cs1. The maximum absolute atomic E-state index is 10.6. The molecule has 1 heterocycles. The Balaban J connectivity index is 2.40. The third kappa shape index (κ3) is 3.46. The highest BCUT2D eigenvalue weighted by Crippen LogP contribution is 2.17. The lowest BCUT2D eigenvalue weighted by molar-refractivity contribution is -0.118. The second kappa shape index (κ2) is 5.10. The van der Waals surface area contributed by atoms with Gasteiger partial charge in [-0.2, -0.15) is 0 Å². The maximum atomic E-state index is 10.6. The van der Waals surface area contributed by atoms with Gasteiger partial charge in [0.05, 0.1) is 10.7 Å². The summed E-state index contributed by atoms with van der Waals surface area (Å²) < 4.78 is 0. The summed E-state index contributed by atoms with van der Waals surface area (Å²) in [6.45, 7) is 6.47. The molecule has 0 unspecified atom stereocenters. The first-order chi connectivity index (χ1) is 6.59. The molecule has 0 fully saturated rings. The first-order valence-electron chi connectivity index (χ1n) is 4.78. The van der Waals surface area contributed by atoms with E-state index in [1.54, 1.807) is 11.3 Å². The first-order valence-corrected chi connectivity index (χ1v) is 5.66. The number of rotatable bonds is 4. The summed E-state index contributed by atoms with van der Waals surface area (Å²) in [5.41, 5.74) is 1.15. The largest absolute Gasteiger partial charge is 0.356 e. The standard InChI is InChI=1S/C10H16N2OS/c1-7(2)9-6-14-10(12-9)4-5-11-8(3)13/h6-7H,4-5H2,1-3H3,(H,11,13). The molecule has 4 heteroatoms. The second-order valence-electron chi connectivity index (χ2n) is 3.55. The highest BCUT2D eigenvalue weighted by Gasteiger charge is 2.05. The van der Waals surface area contributed by atoms with E-state index in [4.69, 9.17) is 0 Å². The summed E-state index contributed by atoms with van der Waals surface area (Å²) >= 11 is 1.67. The minimum atomic E-state index is 0.0191. The van der Waals surface area contributed by atoms with Gasteiger partial charge >= 0.3 is 0 Å². The van der Waals surface area contributed by atoms with Crippen LogP contribution in [0.2, 0.25) is 0 Å². The van der Waals surface area contributed by atoms with Crippen molar-refractivity contribution in [2.45, 2.75) is 33.1 Å². The third-order valence-electron chi connectivity index (χ3n) is 1.87. The molecule has 0 atom stereocenters. The predicted molar refractivity (Wildman–Crippen MR) is 58.6 cm³/mol. The quantitative estimate of drug-likeness (QED) is 0.828. The van der Waals surface area contributed by atoms with Crippen molar-refractivity contribution in [3.8, 4) is 0 Å². The Morgan fingerprint density at radius 3 is 2.86 bits per heavy atom. The summed E-state index contributed by atoms with van der Waals surface area (Å²) in [5, 5.41) is 5.95. The first kappa shape index (κ1) is 11.2. The molecular formula is C10H16N2OS. The van der Waals surface area contributed by atoms with Gasteiger partial charge in [0.15, 0.2) is 0 Å². The number of hydrogen-bond acceptors (Lipinski definition) is 3. The van der Waals surface area contributed by atoms with Gasteiger partial charge in [-0.3, -0.25) is 4.79 Å². The van der Waals surface area contributed by atoms with E-state index in [-0.39, 0.29) is 5.91 Å². The molecule has 1 aromatic rings. The Morgan fingerprint density at radius 2 is 2.36 bits per heavy atom. The molecular weight excluding hydrogens is 196 g/mol. The average molecular weight is 212 g/mol. The van der Waals surface area contributed by atoms with Crippen LogP contribution in [0, 0.1) is 0 Å². The number of nitrogens with zero attached hydrogens (tertiary/aromatic N) is 1. The number of nitrogens with one attached hydrogen (secondary N) is 1. The van der Waals surface area contributed by atoms with Crippen molar-refractivity contribution in [1.29, 1.82) is 0 Å². The number of carbonyl (C=O) groups is 1. The average Bonchev–Trinajstić information content (AvgIpc) is 2.52. The Kier molecular flexibility index (Phi) is 4.07. The summed E-state index contributed by atoms with van der Waals surface area (Å²) in [5.74, 6) is 0.506. The van der Waals surface area contributed by atoms with Gasteiger partial charge in [-0.1, -0.05) is 13.8 Å². The van der Waals surface area contributed by atoms with Crippen molar-refractivity contribution < 1.29 is 4.79 Å². The molecule has 0 aliphatic rings.